The third-order valence-electron chi connectivity index (χ3n) is 2.40. The van der Waals surface area contributed by atoms with Crippen molar-refractivity contribution < 1.29 is 9.90 Å². The topological polar surface area (TPSA) is 49.3 Å². The molecule has 0 spiro atoms. The van der Waals surface area contributed by atoms with Crippen LogP contribution in [0, 0.1) is 0 Å². The van der Waals surface area contributed by atoms with Gasteiger partial charge in [0.25, 0.3) is 0 Å². The molecule has 3 nitrogen and oxygen atoms in total. The quantitative estimate of drug-likeness (QED) is 0.385. The predicted octanol–water partition coefficient (Wildman–Crippen LogP) is 1.72. The van der Waals surface area contributed by atoms with Gasteiger partial charge in [0.1, 0.15) is 0 Å². The van der Waals surface area contributed by atoms with Gasteiger partial charge in [-0.15, -0.1) is 0 Å². The summed E-state index contributed by atoms with van der Waals surface area (Å²) in [6, 6.07) is 0. The highest BCUT2D eigenvalue weighted by Crippen LogP contribution is 2.19. The van der Waals surface area contributed by atoms with E-state index in [0.717, 1.165) is 13.0 Å². The van der Waals surface area contributed by atoms with E-state index in [9.17, 15) is 4.79 Å². The predicted molar refractivity (Wildman–Crippen MR) is 56.2 cm³/mol. The Kier molecular flexibility index (Phi) is 4.40. The van der Waals surface area contributed by atoms with E-state index in [1.165, 1.54) is 24.8 Å². The summed E-state index contributed by atoms with van der Waals surface area (Å²) in [5.74, 6) is -0.919. The van der Waals surface area contributed by atoms with E-state index < -0.39 is 5.97 Å². The van der Waals surface area contributed by atoms with Gasteiger partial charge in [0, 0.05) is 12.1 Å². The Bertz CT molecular complexity index is 252. The van der Waals surface area contributed by atoms with Crippen LogP contribution in [0.4, 0.5) is 0 Å². The Hall–Kier alpha value is -1.09. The van der Waals surface area contributed by atoms with Crippen LogP contribution in [0.2, 0.25) is 0 Å². The van der Waals surface area contributed by atoms with Gasteiger partial charge in [-0.3, -0.25) is 0 Å². The van der Waals surface area contributed by atoms with Gasteiger partial charge in [-0.1, -0.05) is 18.2 Å². The van der Waals surface area contributed by atoms with Gasteiger partial charge in [0.05, 0.1) is 0 Å². The Morgan fingerprint density at radius 3 is 3.00 bits per heavy atom. The second kappa shape index (κ2) is 5.60. The van der Waals surface area contributed by atoms with Crippen molar-refractivity contribution in [3.05, 3.63) is 23.8 Å². The first-order valence-corrected chi connectivity index (χ1v) is 5.00. The highest BCUT2D eigenvalue weighted by Gasteiger charge is 2.05. The van der Waals surface area contributed by atoms with Crippen molar-refractivity contribution >= 4 is 5.97 Å². The molecule has 1 aliphatic carbocycles. The summed E-state index contributed by atoms with van der Waals surface area (Å²) >= 11 is 0. The second-order valence-corrected chi connectivity index (χ2v) is 3.59. The average Bonchev–Trinajstić information content (AvgIpc) is 2.64. The first-order chi connectivity index (χ1) is 6.70. The monoisotopic (exact) mass is 195 g/mol. The number of carboxylic acid groups (broad SMARTS) is 1. The standard InChI is InChI=1S/C11H17NO2/c1-9(11(13)14)8-12-7-6-10-4-2-3-5-10/h4,12H,1-3,5-8H2,(H,13,14). The van der Waals surface area contributed by atoms with E-state index in [-0.39, 0.29) is 5.57 Å². The fourth-order valence-electron chi connectivity index (χ4n) is 1.53. The van der Waals surface area contributed by atoms with Crippen LogP contribution < -0.4 is 5.32 Å². The molecule has 0 heterocycles. The summed E-state index contributed by atoms with van der Waals surface area (Å²) in [5, 5.41) is 11.6. The fraction of sp³-hybridized carbons (Fsp3) is 0.545. The first kappa shape index (κ1) is 11.0. The molecule has 1 rings (SSSR count). The summed E-state index contributed by atoms with van der Waals surface area (Å²) in [6.07, 6.45) is 7.01. The zero-order valence-electron chi connectivity index (χ0n) is 8.38. The molecule has 0 aliphatic heterocycles. The Morgan fingerprint density at radius 2 is 2.43 bits per heavy atom. The molecular formula is C11H17NO2. The molecule has 0 radical (unpaired) electrons. The van der Waals surface area contributed by atoms with Crippen LogP contribution in [0.5, 0.6) is 0 Å². The lowest BCUT2D eigenvalue weighted by molar-refractivity contribution is -0.132. The normalized spacial score (nSPS) is 15.3. The van der Waals surface area contributed by atoms with Gasteiger partial charge in [-0.25, -0.2) is 4.79 Å². The number of hydrogen-bond donors (Lipinski definition) is 2. The number of hydrogen-bond acceptors (Lipinski definition) is 2. The third-order valence-corrected chi connectivity index (χ3v) is 2.40. The zero-order chi connectivity index (χ0) is 10.4. The lowest BCUT2D eigenvalue weighted by Crippen LogP contribution is -2.21. The molecule has 2 N–H and O–H groups in total. The van der Waals surface area contributed by atoms with Gasteiger partial charge in [-0.05, 0) is 32.2 Å². The number of allylic oxidation sites excluding steroid dienone is 1. The summed E-state index contributed by atoms with van der Waals surface area (Å²) in [4.78, 5) is 10.4. The van der Waals surface area contributed by atoms with Crippen LogP contribution in [0.15, 0.2) is 23.8 Å². The zero-order valence-corrected chi connectivity index (χ0v) is 8.38. The first-order valence-electron chi connectivity index (χ1n) is 5.00. The van der Waals surface area contributed by atoms with E-state index >= 15 is 0 Å². The smallest absolute Gasteiger partial charge is 0.332 e. The second-order valence-electron chi connectivity index (χ2n) is 3.59. The highest BCUT2D eigenvalue weighted by molar-refractivity contribution is 5.86. The van der Waals surface area contributed by atoms with Crippen LogP contribution in [0.25, 0.3) is 0 Å². The molecule has 78 valence electrons. The Labute approximate surface area is 84.5 Å². The van der Waals surface area contributed by atoms with Crippen molar-refractivity contribution in [2.45, 2.75) is 25.7 Å². The molecule has 0 atom stereocenters. The van der Waals surface area contributed by atoms with Crippen molar-refractivity contribution in [1.29, 1.82) is 0 Å². The number of rotatable bonds is 6. The molecule has 14 heavy (non-hydrogen) atoms. The Morgan fingerprint density at radius 1 is 1.64 bits per heavy atom. The van der Waals surface area contributed by atoms with Crippen LogP contribution in [0.1, 0.15) is 25.7 Å². The maximum absolute atomic E-state index is 10.4. The molecule has 0 aromatic rings. The lowest BCUT2D eigenvalue weighted by atomic mass is 10.1. The number of nitrogens with one attached hydrogen (secondary N) is 1. The average molecular weight is 195 g/mol. The van der Waals surface area contributed by atoms with E-state index in [1.807, 2.05) is 0 Å². The van der Waals surface area contributed by atoms with Crippen LogP contribution in [-0.2, 0) is 4.79 Å². The van der Waals surface area contributed by atoms with Crippen molar-refractivity contribution in [1.82, 2.24) is 5.32 Å². The maximum atomic E-state index is 10.4. The van der Waals surface area contributed by atoms with Crippen molar-refractivity contribution in [2.24, 2.45) is 0 Å². The van der Waals surface area contributed by atoms with Crippen molar-refractivity contribution in [2.75, 3.05) is 13.1 Å². The molecule has 0 amide bonds. The summed E-state index contributed by atoms with van der Waals surface area (Å²) in [6.45, 7) is 4.67. The molecular weight excluding hydrogens is 178 g/mol. The Balaban J connectivity index is 2.04. The van der Waals surface area contributed by atoms with Crippen molar-refractivity contribution in [3.63, 3.8) is 0 Å². The summed E-state index contributed by atoms with van der Waals surface area (Å²) in [5.41, 5.74) is 1.73. The fourth-order valence-corrected chi connectivity index (χ4v) is 1.53. The van der Waals surface area contributed by atoms with Gasteiger partial charge in [0.15, 0.2) is 0 Å². The van der Waals surface area contributed by atoms with Gasteiger partial charge >= 0.3 is 5.97 Å². The highest BCUT2D eigenvalue weighted by atomic mass is 16.4. The van der Waals surface area contributed by atoms with E-state index in [4.69, 9.17) is 5.11 Å². The minimum Gasteiger partial charge on any atom is -0.478 e. The molecule has 0 saturated heterocycles. The van der Waals surface area contributed by atoms with Crippen LogP contribution >= 0.6 is 0 Å². The molecule has 0 aromatic heterocycles. The molecule has 0 saturated carbocycles. The third kappa shape index (κ3) is 3.75. The van der Waals surface area contributed by atoms with Crippen LogP contribution in [-0.4, -0.2) is 24.2 Å². The van der Waals surface area contributed by atoms with E-state index in [2.05, 4.69) is 18.0 Å². The van der Waals surface area contributed by atoms with Crippen molar-refractivity contribution in [3.8, 4) is 0 Å². The van der Waals surface area contributed by atoms with Crippen LogP contribution in [0.3, 0.4) is 0 Å². The molecule has 3 heteroatoms. The summed E-state index contributed by atoms with van der Waals surface area (Å²) < 4.78 is 0. The molecule has 0 aromatic carbocycles. The number of aliphatic carboxylic acids is 1. The number of carbonyl (C=O) groups is 1. The van der Waals surface area contributed by atoms with E-state index in [0.29, 0.717) is 6.54 Å². The molecule has 0 unspecified atom stereocenters. The maximum Gasteiger partial charge on any atom is 0.332 e. The van der Waals surface area contributed by atoms with Gasteiger partial charge in [0.2, 0.25) is 0 Å². The molecule has 0 fully saturated rings. The van der Waals surface area contributed by atoms with Gasteiger partial charge in [-0.2, -0.15) is 0 Å². The summed E-state index contributed by atoms with van der Waals surface area (Å²) in [7, 11) is 0. The largest absolute Gasteiger partial charge is 0.478 e. The molecule has 1 aliphatic rings. The SMILES string of the molecule is C=C(CNCCC1=CCCC1)C(=O)O. The number of carboxylic acids is 1. The van der Waals surface area contributed by atoms with Gasteiger partial charge < -0.3 is 10.4 Å². The minimum absolute atomic E-state index is 0.227. The minimum atomic E-state index is -0.919. The molecule has 0 bridgehead atoms. The van der Waals surface area contributed by atoms with E-state index in [1.54, 1.807) is 0 Å². The lowest BCUT2D eigenvalue weighted by Gasteiger charge is -2.04.